The maximum Gasteiger partial charge on any atom is 0.311 e. The third-order valence-corrected chi connectivity index (χ3v) is 3.71. The van der Waals surface area contributed by atoms with E-state index in [1.807, 2.05) is 36.4 Å². The van der Waals surface area contributed by atoms with Gasteiger partial charge < -0.3 is 5.11 Å². The molecule has 0 aliphatic heterocycles. The number of benzene rings is 1. The number of carbonyl (C=O) groups is 1. The van der Waals surface area contributed by atoms with Crippen molar-refractivity contribution >= 4 is 37.8 Å². The second-order valence-corrected chi connectivity index (χ2v) is 5.95. The van der Waals surface area contributed by atoms with Crippen LogP contribution in [-0.2, 0) is 11.2 Å². The van der Waals surface area contributed by atoms with E-state index in [1.165, 1.54) is 0 Å². The zero-order valence-corrected chi connectivity index (χ0v) is 13.1. The molecule has 1 N–H and O–H groups in total. The molecule has 1 aromatic heterocycles. The molecule has 1 heterocycles. The van der Waals surface area contributed by atoms with Gasteiger partial charge in [0.05, 0.1) is 5.92 Å². The molecule has 0 bridgehead atoms. The third-order valence-electron chi connectivity index (χ3n) is 2.75. The van der Waals surface area contributed by atoms with Gasteiger partial charge in [0.1, 0.15) is 0 Å². The monoisotopic (exact) mass is 383 g/mol. The van der Waals surface area contributed by atoms with Gasteiger partial charge in [-0.1, -0.05) is 28.1 Å². The number of hydrogen-bond donors (Lipinski definition) is 1. The highest BCUT2D eigenvalue weighted by Gasteiger charge is 2.21. The Balaban J connectivity index is 2.26. The molecule has 0 fully saturated rings. The van der Waals surface area contributed by atoms with E-state index in [4.69, 9.17) is 0 Å². The minimum atomic E-state index is -0.845. The summed E-state index contributed by atoms with van der Waals surface area (Å²) >= 11 is 6.67. The van der Waals surface area contributed by atoms with E-state index in [0.29, 0.717) is 6.42 Å². The predicted molar refractivity (Wildman–Crippen MR) is 80.2 cm³/mol. The van der Waals surface area contributed by atoms with Crippen LogP contribution in [-0.4, -0.2) is 16.1 Å². The van der Waals surface area contributed by atoms with E-state index in [1.54, 1.807) is 6.20 Å². The molecule has 3 nitrogen and oxygen atoms in total. The van der Waals surface area contributed by atoms with Crippen molar-refractivity contribution < 1.29 is 9.90 Å². The molecule has 1 unspecified atom stereocenters. The van der Waals surface area contributed by atoms with Gasteiger partial charge in [-0.25, -0.2) is 0 Å². The van der Waals surface area contributed by atoms with Gasteiger partial charge in [-0.2, -0.15) is 0 Å². The lowest BCUT2D eigenvalue weighted by molar-refractivity contribution is -0.138. The lowest BCUT2D eigenvalue weighted by Gasteiger charge is -2.12. The molecule has 19 heavy (non-hydrogen) atoms. The minimum Gasteiger partial charge on any atom is -0.481 e. The molecular weight excluding hydrogens is 374 g/mol. The Kier molecular flexibility index (Phi) is 4.71. The largest absolute Gasteiger partial charge is 0.481 e. The molecular formula is C14H11Br2NO2. The van der Waals surface area contributed by atoms with Gasteiger partial charge in [-0.15, -0.1) is 0 Å². The van der Waals surface area contributed by atoms with Gasteiger partial charge in [-0.05, 0) is 45.8 Å². The Hall–Kier alpha value is -1.20. The number of nitrogens with zero attached hydrogens (tertiary/aromatic N) is 1. The van der Waals surface area contributed by atoms with Crippen LogP contribution in [0.25, 0.3) is 0 Å². The average molecular weight is 385 g/mol. The van der Waals surface area contributed by atoms with Crippen LogP contribution in [0.2, 0.25) is 0 Å². The smallest absolute Gasteiger partial charge is 0.311 e. The van der Waals surface area contributed by atoms with Crippen LogP contribution >= 0.6 is 31.9 Å². The van der Waals surface area contributed by atoms with Crippen molar-refractivity contribution in [3.05, 3.63) is 62.8 Å². The quantitative estimate of drug-likeness (QED) is 0.866. The standard InChI is InChI=1S/C14H11Br2NO2/c15-10-3-1-2-9(6-10)13(14(18)19)7-12-5-4-11(16)8-17-12/h1-6,8,13H,7H2,(H,18,19). The molecule has 5 heteroatoms. The summed E-state index contributed by atoms with van der Waals surface area (Å²) in [7, 11) is 0. The van der Waals surface area contributed by atoms with E-state index < -0.39 is 11.9 Å². The van der Waals surface area contributed by atoms with Gasteiger partial charge in [0.2, 0.25) is 0 Å². The fourth-order valence-corrected chi connectivity index (χ4v) is 2.46. The van der Waals surface area contributed by atoms with Gasteiger partial charge in [0.25, 0.3) is 0 Å². The molecule has 0 radical (unpaired) electrons. The highest BCUT2D eigenvalue weighted by Crippen LogP contribution is 2.24. The zero-order valence-electron chi connectivity index (χ0n) is 9.88. The van der Waals surface area contributed by atoms with E-state index in [0.717, 1.165) is 20.2 Å². The van der Waals surface area contributed by atoms with Gasteiger partial charge >= 0.3 is 5.97 Å². The van der Waals surface area contributed by atoms with Crippen LogP contribution in [0, 0.1) is 0 Å². The van der Waals surface area contributed by atoms with Crippen molar-refractivity contribution in [2.75, 3.05) is 0 Å². The first-order valence-corrected chi connectivity index (χ1v) is 7.23. The summed E-state index contributed by atoms with van der Waals surface area (Å²) in [4.78, 5) is 15.7. The Bertz CT molecular complexity index is 584. The van der Waals surface area contributed by atoms with Crippen molar-refractivity contribution in [3.8, 4) is 0 Å². The molecule has 0 aliphatic carbocycles. The van der Waals surface area contributed by atoms with Crippen molar-refractivity contribution in [2.24, 2.45) is 0 Å². The van der Waals surface area contributed by atoms with Crippen molar-refractivity contribution in [3.63, 3.8) is 0 Å². The molecule has 1 atom stereocenters. The summed E-state index contributed by atoms with van der Waals surface area (Å²) in [6.07, 6.45) is 2.05. The van der Waals surface area contributed by atoms with Crippen LogP contribution in [0.15, 0.2) is 51.5 Å². The van der Waals surface area contributed by atoms with E-state index in [2.05, 4.69) is 36.8 Å². The van der Waals surface area contributed by atoms with E-state index in [9.17, 15) is 9.90 Å². The molecule has 0 aliphatic rings. The number of aliphatic carboxylic acids is 1. The Morgan fingerprint density at radius 1 is 1.21 bits per heavy atom. The van der Waals surface area contributed by atoms with Crippen molar-refractivity contribution in [1.82, 2.24) is 4.98 Å². The lowest BCUT2D eigenvalue weighted by atomic mass is 9.94. The molecule has 0 amide bonds. The maximum atomic E-state index is 11.4. The molecule has 1 aromatic carbocycles. The second-order valence-electron chi connectivity index (χ2n) is 4.12. The summed E-state index contributed by atoms with van der Waals surface area (Å²) in [5, 5.41) is 9.38. The van der Waals surface area contributed by atoms with Crippen molar-refractivity contribution in [2.45, 2.75) is 12.3 Å². The highest BCUT2D eigenvalue weighted by atomic mass is 79.9. The maximum absolute atomic E-state index is 11.4. The fourth-order valence-electron chi connectivity index (χ4n) is 1.81. The van der Waals surface area contributed by atoms with Gasteiger partial charge in [-0.3, -0.25) is 9.78 Å². The third kappa shape index (κ3) is 3.88. The molecule has 98 valence electrons. The first-order valence-electron chi connectivity index (χ1n) is 5.65. The Morgan fingerprint density at radius 2 is 2.00 bits per heavy atom. The molecule has 2 aromatic rings. The number of hydrogen-bond acceptors (Lipinski definition) is 2. The topological polar surface area (TPSA) is 50.2 Å². The number of rotatable bonds is 4. The second kappa shape index (κ2) is 6.30. The summed E-state index contributed by atoms with van der Waals surface area (Å²) in [6.45, 7) is 0. The van der Waals surface area contributed by atoms with Crippen LogP contribution in [0.4, 0.5) is 0 Å². The average Bonchev–Trinajstić information content (AvgIpc) is 2.37. The summed E-state index contributed by atoms with van der Waals surface area (Å²) in [5.41, 5.74) is 1.53. The molecule has 0 spiro atoms. The van der Waals surface area contributed by atoms with Gasteiger partial charge in [0.15, 0.2) is 0 Å². The summed E-state index contributed by atoms with van der Waals surface area (Å²) < 4.78 is 1.76. The summed E-state index contributed by atoms with van der Waals surface area (Å²) in [5.74, 6) is -1.44. The van der Waals surface area contributed by atoms with E-state index in [-0.39, 0.29) is 0 Å². The zero-order chi connectivity index (χ0) is 13.8. The number of carboxylic acids is 1. The molecule has 0 saturated carbocycles. The minimum absolute atomic E-state index is 0.374. The number of aromatic nitrogens is 1. The van der Waals surface area contributed by atoms with Crippen molar-refractivity contribution in [1.29, 1.82) is 0 Å². The Labute approximate surface area is 127 Å². The SMILES string of the molecule is O=C(O)C(Cc1ccc(Br)cn1)c1cccc(Br)c1. The van der Waals surface area contributed by atoms with Crippen LogP contribution < -0.4 is 0 Å². The highest BCUT2D eigenvalue weighted by molar-refractivity contribution is 9.10. The summed E-state index contributed by atoms with van der Waals surface area (Å²) in [6, 6.07) is 11.1. The first kappa shape index (κ1) is 14.2. The van der Waals surface area contributed by atoms with Crippen LogP contribution in [0.5, 0.6) is 0 Å². The lowest BCUT2D eigenvalue weighted by Crippen LogP contribution is -2.15. The van der Waals surface area contributed by atoms with Crippen LogP contribution in [0.1, 0.15) is 17.2 Å². The van der Waals surface area contributed by atoms with Crippen LogP contribution in [0.3, 0.4) is 0 Å². The molecule has 0 saturated heterocycles. The number of halogens is 2. The predicted octanol–water partition coefficient (Wildman–Crippen LogP) is 4.02. The number of carboxylic acid groups (broad SMARTS) is 1. The van der Waals surface area contributed by atoms with E-state index >= 15 is 0 Å². The fraction of sp³-hybridized carbons (Fsp3) is 0.143. The molecule has 2 rings (SSSR count). The van der Waals surface area contributed by atoms with Gasteiger partial charge in [0, 0.05) is 27.3 Å². The first-order chi connectivity index (χ1) is 9.06. The normalized spacial score (nSPS) is 12.1. The number of pyridine rings is 1. The Morgan fingerprint density at radius 3 is 2.58 bits per heavy atom.